The predicted octanol–water partition coefficient (Wildman–Crippen LogP) is -1.83. The van der Waals surface area contributed by atoms with Gasteiger partial charge in [-0.2, -0.15) is 0 Å². The van der Waals surface area contributed by atoms with Gasteiger partial charge >= 0.3 is 5.97 Å². The van der Waals surface area contributed by atoms with Crippen molar-refractivity contribution in [3.8, 4) is 0 Å². The molecule has 0 saturated heterocycles. The number of carboxylic acid groups (broad SMARTS) is 1. The fourth-order valence-electron chi connectivity index (χ4n) is 0.865. The zero-order valence-electron chi connectivity index (χ0n) is 8.40. The SMILES string of the molecule is CC[C@H](N)C(=O)NC(CC(N)=O)C(=O)O. The highest BCUT2D eigenvalue weighted by atomic mass is 16.4. The van der Waals surface area contributed by atoms with Crippen LogP contribution in [0.5, 0.6) is 0 Å². The number of carbonyl (C=O) groups excluding carboxylic acids is 2. The van der Waals surface area contributed by atoms with E-state index < -0.39 is 36.3 Å². The number of aliphatic carboxylic acids is 1. The summed E-state index contributed by atoms with van der Waals surface area (Å²) >= 11 is 0. The van der Waals surface area contributed by atoms with Crippen molar-refractivity contribution in [1.29, 1.82) is 0 Å². The van der Waals surface area contributed by atoms with Crippen LogP contribution in [0.25, 0.3) is 0 Å². The molecule has 0 spiro atoms. The van der Waals surface area contributed by atoms with E-state index in [-0.39, 0.29) is 0 Å². The summed E-state index contributed by atoms with van der Waals surface area (Å²) in [5, 5.41) is 10.8. The van der Waals surface area contributed by atoms with Gasteiger partial charge in [0.15, 0.2) is 0 Å². The molecular formula is C8H15N3O4. The minimum atomic E-state index is -1.31. The van der Waals surface area contributed by atoms with E-state index >= 15 is 0 Å². The summed E-state index contributed by atoms with van der Waals surface area (Å²) in [5.41, 5.74) is 10.2. The van der Waals surface area contributed by atoms with E-state index in [2.05, 4.69) is 5.32 Å². The van der Waals surface area contributed by atoms with Crippen molar-refractivity contribution in [2.75, 3.05) is 0 Å². The Morgan fingerprint density at radius 1 is 1.40 bits per heavy atom. The summed E-state index contributed by atoms with van der Waals surface area (Å²) in [6, 6.07) is -2.09. The minimum Gasteiger partial charge on any atom is -0.480 e. The second kappa shape index (κ2) is 5.97. The predicted molar refractivity (Wildman–Crippen MR) is 51.6 cm³/mol. The van der Waals surface area contributed by atoms with Crippen LogP contribution in [0.2, 0.25) is 0 Å². The van der Waals surface area contributed by atoms with E-state index in [4.69, 9.17) is 16.6 Å². The monoisotopic (exact) mass is 217 g/mol. The molecule has 1 unspecified atom stereocenters. The van der Waals surface area contributed by atoms with Crippen molar-refractivity contribution >= 4 is 17.8 Å². The minimum absolute atomic E-state index is 0.384. The molecule has 2 atom stereocenters. The van der Waals surface area contributed by atoms with Crippen LogP contribution in [-0.4, -0.2) is 35.0 Å². The van der Waals surface area contributed by atoms with Crippen LogP contribution < -0.4 is 16.8 Å². The number of nitrogens with two attached hydrogens (primary N) is 2. The van der Waals surface area contributed by atoms with E-state index in [1.165, 1.54) is 0 Å². The molecule has 0 aromatic rings. The lowest BCUT2D eigenvalue weighted by Crippen LogP contribution is -2.49. The van der Waals surface area contributed by atoms with Gasteiger partial charge in [-0.3, -0.25) is 9.59 Å². The molecule has 2 amide bonds. The Kier molecular flexibility index (Phi) is 5.32. The number of amides is 2. The first-order chi connectivity index (χ1) is 6.88. The fraction of sp³-hybridized carbons (Fsp3) is 0.625. The van der Waals surface area contributed by atoms with Crippen LogP contribution in [0.3, 0.4) is 0 Å². The average Bonchev–Trinajstić information content (AvgIpc) is 2.14. The molecule has 0 heterocycles. The van der Waals surface area contributed by atoms with Crippen molar-refractivity contribution in [3.63, 3.8) is 0 Å². The van der Waals surface area contributed by atoms with Gasteiger partial charge in [0, 0.05) is 0 Å². The van der Waals surface area contributed by atoms with Crippen LogP contribution in [-0.2, 0) is 14.4 Å². The van der Waals surface area contributed by atoms with Crippen LogP contribution >= 0.6 is 0 Å². The van der Waals surface area contributed by atoms with Crippen molar-refractivity contribution in [2.45, 2.75) is 31.8 Å². The van der Waals surface area contributed by atoms with Gasteiger partial charge in [-0.1, -0.05) is 6.92 Å². The summed E-state index contributed by atoms with van der Waals surface area (Å²) in [6.07, 6.45) is -0.0632. The third-order valence-corrected chi connectivity index (χ3v) is 1.80. The second-order valence-electron chi connectivity index (χ2n) is 3.08. The lowest BCUT2D eigenvalue weighted by atomic mass is 10.1. The van der Waals surface area contributed by atoms with Crippen LogP contribution in [0.1, 0.15) is 19.8 Å². The molecule has 0 aromatic heterocycles. The first kappa shape index (κ1) is 13.4. The average molecular weight is 217 g/mol. The lowest BCUT2D eigenvalue weighted by Gasteiger charge is -2.15. The Morgan fingerprint density at radius 2 is 1.93 bits per heavy atom. The molecule has 86 valence electrons. The fourth-order valence-corrected chi connectivity index (χ4v) is 0.865. The Balaban J connectivity index is 4.35. The molecule has 0 saturated carbocycles. The topological polar surface area (TPSA) is 136 Å². The third kappa shape index (κ3) is 4.96. The Hall–Kier alpha value is -1.63. The maximum Gasteiger partial charge on any atom is 0.326 e. The number of hydrogen-bond acceptors (Lipinski definition) is 4. The van der Waals surface area contributed by atoms with Gasteiger partial charge in [-0.15, -0.1) is 0 Å². The Bertz CT molecular complexity index is 267. The van der Waals surface area contributed by atoms with Gasteiger partial charge in [-0.25, -0.2) is 4.79 Å². The maximum absolute atomic E-state index is 11.2. The number of carbonyl (C=O) groups is 3. The van der Waals surface area contributed by atoms with E-state index in [1.807, 2.05) is 0 Å². The van der Waals surface area contributed by atoms with E-state index in [0.29, 0.717) is 6.42 Å². The molecule has 0 fully saturated rings. The molecule has 0 radical (unpaired) electrons. The summed E-state index contributed by atoms with van der Waals surface area (Å²) in [7, 11) is 0. The van der Waals surface area contributed by atoms with Gasteiger partial charge in [0.25, 0.3) is 0 Å². The normalized spacial score (nSPS) is 14.0. The largest absolute Gasteiger partial charge is 0.480 e. The summed E-state index contributed by atoms with van der Waals surface area (Å²) in [6.45, 7) is 1.69. The molecule has 0 aromatic carbocycles. The van der Waals surface area contributed by atoms with Crippen LogP contribution in [0.15, 0.2) is 0 Å². The van der Waals surface area contributed by atoms with Crippen molar-refractivity contribution < 1.29 is 19.5 Å². The molecule has 15 heavy (non-hydrogen) atoms. The maximum atomic E-state index is 11.2. The first-order valence-corrected chi connectivity index (χ1v) is 4.45. The third-order valence-electron chi connectivity index (χ3n) is 1.80. The van der Waals surface area contributed by atoms with Crippen molar-refractivity contribution in [3.05, 3.63) is 0 Å². The quantitative estimate of drug-likeness (QED) is 0.415. The second-order valence-corrected chi connectivity index (χ2v) is 3.08. The van der Waals surface area contributed by atoms with Crippen LogP contribution in [0, 0.1) is 0 Å². The molecule has 0 rings (SSSR count). The highest BCUT2D eigenvalue weighted by molar-refractivity contribution is 5.89. The molecule has 7 nitrogen and oxygen atoms in total. The number of hydrogen-bond donors (Lipinski definition) is 4. The smallest absolute Gasteiger partial charge is 0.326 e. The molecule has 7 heteroatoms. The zero-order valence-corrected chi connectivity index (χ0v) is 8.40. The van der Waals surface area contributed by atoms with E-state index in [1.54, 1.807) is 6.92 Å². The van der Waals surface area contributed by atoms with E-state index in [0.717, 1.165) is 0 Å². The molecule has 0 aliphatic carbocycles. The van der Waals surface area contributed by atoms with E-state index in [9.17, 15) is 14.4 Å². The van der Waals surface area contributed by atoms with Crippen molar-refractivity contribution in [2.24, 2.45) is 11.5 Å². The summed E-state index contributed by atoms with van der Waals surface area (Å²) < 4.78 is 0. The summed E-state index contributed by atoms with van der Waals surface area (Å²) in [5.74, 6) is -2.72. The highest BCUT2D eigenvalue weighted by Crippen LogP contribution is 1.94. The van der Waals surface area contributed by atoms with Gasteiger partial charge in [0.1, 0.15) is 6.04 Å². The van der Waals surface area contributed by atoms with Gasteiger partial charge < -0.3 is 21.9 Å². The zero-order chi connectivity index (χ0) is 12.0. The number of rotatable bonds is 6. The van der Waals surface area contributed by atoms with Gasteiger partial charge in [0.05, 0.1) is 12.5 Å². The van der Waals surface area contributed by atoms with Gasteiger partial charge in [-0.05, 0) is 6.42 Å². The first-order valence-electron chi connectivity index (χ1n) is 4.45. The van der Waals surface area contributed by atoms with Gasteiger partial charge in [0.2, 0.25) is 11.8 Å². The Morgan fingerprint density at radius 3 is 2.27 bits per heavy atom. The highest BCUT2D eigenvalue weighted by Gasteiger charge is 2.23. The lowest BCUT2D eigenvalue weighted by molar-refractivity contribution is -0.143. The molecular weight excluding hydrogens is 202 g/mol. The number of primary amides is 1. The molecule has 6 N–H and O–H groups in total. The Labute approximate surface area is 86.8 Å². The number of nitrogens with one attached hydrogen (secondary N) is 1. The van der Waals surface area contributed by atoms with Crippen LogP contribution in [0.4, 0.5) is 0 Å². The molecule has 0 aliphatic rings. The molecule has 0 bridgehead atoms. The molecule has 0 aliphatic heterocycles. The number of carboxylic acids is 1. The summed E-state index contributed by atoms with van der Waals surface area (Å²) in [4.78, 5) is 32.3. The standard InChI is InChI=1S/C8H15N3O4/c1-2-4(9)7(13)11-5(8(14)15)3-6(10)12/h4-5H,2-3,9H2,1H3,(H2,10,12)(H,11,13)(H,14,15)/t4-,5?/m0/s1. The van der Waals surface area contributed by atoms with Crippen molar-refractivity contribution in [1.82, 2.24) is 5.32 Å².